The fraction of sp³-hybridized carbons (Fsp3) is 0.824. The predicted octanol–water partition coefficient (Wildman–Crippen LogP) is 6.38. The van der Waals surface area contributed by atoms with Gasteiger partial charge in [-0.1, -0.05) is 51.2 Å². The first-order chi connectivity index (χ1) is 8.91. The molecule has 0 spiro atoms. The molecule has 1 radical (unpaired) electrons. The Balaban J connectivity index is 3.00. The van der Waals surface area contributed by atoms with E-state index in [9.17, 15) is 0 Å². The van der Waals surface area contributed by atoms with Crippen LogP contribution in [0.4, 0.5) is 0 Å². The number of unbranched alkanes of at least 4 members (excludes halogenated alkanes) is 11. The van der Waals surface area contributed by atoms with Crippen LogP contribution in [0.1, 0.15) is 84.0 Å². The Bertz CT molecular complexity index is 145. The third kappa shape index (κ3) is 16.1. The van der Waals surface area contributed by atoms with Crippen molar-refractivity contribution in [2.45, 2.75) is 84.0 Å². The summed E-state index contributed by atoms with van der Waals surface area (Å²) in [4.78, 5) is 0. The van der Waals surface area contributed by atoms with E-state index in [2.05, 4.69) is 38.1 Å². The van der Waals surface area contributed by atoms with Crippen LogP contribution in [0.2, 0.25) is 0 Å². The minimum Gasteiger partial charge on any atom is -0.179 e. The summed E-state index contributed by atoms with van der Waals surface area (Å²) in [7, 11) is 0. The molecule has 1 heteroatoms. The van der Waals surface area contributed by atoms with Gasteiger partial charge in [0.1, 0.15) is 0 Å². The van der Waals surface area contributed by atoms with E-state index in [0.29, 0.717) is 0 Å². The summed E-state index contributed by atoms with van der Waals surface area (Å²) in [5.41, 5.74) is 0. The number of hydrogen-bond donors (Lipinski definition) is 1. The van der Waals surface area contributed by atoms with E-state index in [1.807, 2.05) is 0 Å². The summed E-state index contributed by atoms with van der Waals surface area (Å²) < 4.78 is 0. The number of hydrogen-bond acceptors (Lipinski definition) is 1. The second-order valence-corrected chi connectivity index (χ2v) is 5.56. The summed E-state index contributed by atoms with van der Waals surface area (Å²) in [5.74, 6) is 1.02. The Hall–Kier alpha value is 0.0900. The quantitative estimate of drug-likeness (QED) is 0.211. The summed E-state index contributed by atoms with van der Waals surface area (Å²) in [5, 5.41) is 0. The highest BCUT2D eigenvalue weighted by molar-refractivity contribution is 7.80. The van der Waals surface area contributed by atoms with E-state index in [-0.39, 0.29) is 0 Å². The first-order valence-electron chi connectivity index (χ1n) is 7.99. The molecule has 0 aromatic heterocycles. The van der Waals surface area contributed by atoms with Crippen molar-refractivity contribution in [3.05, 3.63) is 18.6 Å². The molecule has 0 aliphatic rings. The molecule has 0 saturated carbocycles. The van der Waals surface area contributed by atoms with Crippen LogP contribution in [0.25, 0.3) is 0 Å². The monoisotopic (exact) mass is 269 g/mol. The van der Waals surface area contributed by atoms with Crippen LogP contribution in [0.15, 0.2) is 12.2 Å². The van der Waals surface area contributed by atoms with Crippen molar-refractivity contribution in [3.63, 3.8) is 0 Å². The second kappa shape index (κ2) is 17.1. The molecule has 0 aliphatic carbocycles. The van der Waals surface area contributed by atoms with Crippen LogP contribution in [-0.4, -0.2) is 5.75 Å². The van der Waals surface area contributed by atoms with Gasteiger partial charge in [0.05, 0.1) is 0 Å². The molecule has 0 N–H and O–H groups in total. The van der Waals surface area contributed by atoms with Gasteiger partial charge in [-0.2, -0.15) is 12.6 Å². The molecule has 0 nitrogen and oxygen atoms in total. The molecule has 0 aromatic carbocycles. The van der Waals surface area contributed by atoms with E-state index >= 15 is 0 Å². The molecule has 0 bridgehead atoms. The lowest BCUT2D eigenvalue weighted by molar-refractivity contribution is 0.611. The molecular formula is C17H33S. The zero-order chi connectivity index (χ0) is 13.3. The third-order valence-electron chi connectivity index (χ3n) is 3.24. The molecule has 0 saturated heterocycles. The van der Waals surface area contributed by atoms with Gasteiger partial charge < -0.3 is 0 Å². The van der Waals surface area contributed by atoms with Gasteiger partial charge in [0, 0.05) is 0 Å². The standard InChI is InChI=1S/C17H33S/c1-2-3-4-5-6-7-8-9-10-11-12-13-14-15-16-17-18/h9-10,14,18H,2-8,11-13,15-17H2,1H3/b10-9-. The summed E-state index contributed by atoms with van der Waals surface area (Å²) in [6.07, 6.45) is 23.2. The average molecular weight is 270 g/mol. The highest BCUT2D eigenvalue weighted by Gasteiger charge is 1.89. The van der Waals surface area contributed by atoms with Crippen LogP contribution < -0.4 is 0 Å². The molecule has 0 rings (SSSR count). The second-order valence-electron chi connectivity index (χ2n) is 5.11. The van der Waals surface area contributed by atoms with Gasteiger partial charge >= 0.3 is 0 Å². The Morgan fingerprint density at radius 2 is 1.28 bits per heavy atom. The van der Waals surface area contributed by atoms with Crippen LogP contribution in [-0.2, 0) is 0 Å². The highest BCUT2D eigenvalue weighted by Crippen LogP contribution is 2.08. The van der Waals surface area contributed by atoms with Crippen molar-refractivity contribution in [3.8, 4) is 0 Å². The zero-order valence-corrected chi connectivity index (χ0v) is 13.3. The summed E-state index contributed by atoms with van der Waals surface area (Å²) in [6.45, 7) is 2.28. The van der Waals surface area contributed by atoms with Crippen molar-refractivity contribution < 1.29 is 0 Å². The fourth-order valence-electron chi connectivity index (χ4n) is 2.04. The molecule has 18 heavy (non-hydrogen) atoms. The molecule has 0 amide bonds. The number of allylic oxidation sites excluding steroid dienone is 2. The van der Waals surface area contributed by atoms with Gasteiger partial charge in [-0.05, 0) is 57.1 Å². The largest absolute Gasteiger partial charge is 0.179 e. The highest BCUT2D eigenvalue weighted by atomic mass is 32.1. The molecule has 0 heterocycles. The molecule has 107 valence electrons. The van der Waals surface area contributed by atoms with E-state index in [4.69, 9.17) is 0 Å². The van der Waals surface area contributed by atoms with Gasteiger partial charge in [-0.3, -0.25) is 0 Å². The minimum absolute atomic E-state index is 1.02. The van der Waals surface area contributed by atoms with Crippen molar-refractivity contribution in [1.29, 1.82) is 0 Å². The Morgan fingerprint density at radius 3 is 2.00 bits per heavy atom. The van der Waals surface area contributed by atoms with Crippen LogP contribution in [0.5, 0.6) is 0 Å². The smallest absolute Gasteiger partial charge is 0.00978 e. The van der Waals surface area contributed by atoms with E-state index in [1.165, 1.54) is 77.0 Å². The van der Waals surface area contributed by atoms with Crippen LogP contribution in [0.3, 0.4) is 0 Å². The van der Waals surface area contributed by atoms with Crippen molar-refractivity contribution in [1.82, 2.24) is 0 Å². The number of rotatable bonds is 14. The van der Waals surface area contributed by atoms with Crippen molar-refractivity contribution in [2.75, 3.05) is 5.75 Å². The van der Waals surface area contributed by atoms with Gasteiger partial charge in [0.2, 0.25) is 0 Å². The van der Waals surface area contributed by atoms with Gasteiger partial charge in [0.15, 0.2) is 0 Å². The van der Waals surface area contributed by atoms with Gasteiger partial charge in [-0.15, -0.1) is 0 Å². The van der Waals surface area contributed by atoms with E-state index in [0.717, 1.165) is 5.75 Å². The maximum Gasteiger partial charge on any atom is -0.00978 e. The van der Waals surface area contributed by atoms with Gasteiger partial charge in [0.25, 0.3) is 0 Å². The summed E-state index contributed by atoms with van der Waals surface area (Å²) >= 11 is 4.21. The Morgan fingerprint density at radius 1 is 0.667 bits per heavy atom. The molecule has 0 fully saturated rings. The third-order valence-corrected chi connectivity index (χ3v) is 3.55. The normalized spacial score (nSPS) is 11.4. The zero-order valence-electron chi connectivity index (χ0n) is 12.4. The topological polar surface area (TPSA) is 0 Å². The lowest BCUT2D eigenvalue weighted by Crippen LogP contribution is -1.80. The van der Waals surface area contributed by atoms with E-state index < -0.39 is 0 Å². The maximum absolute atomic E-state index is 4.21. The van der Waals surface area contributed by atoms with Gasteiger partial charge in [-0.25, -0.2) is 0 Å². The predicted molar refractivity (Wildman–Crippen MR) is 88.4 cm³/mol. The Labute approximate surface area is 121 Å². The average Bonchev–Trinajstić information content (AvgIpc) is 2.39. The molecule has 0 aliphatic heterocycles. The first kappa shape index (κ1) is 18.1. The number of thiol groups is 1. The summed E-state index contributed by atoms with van der Waals surface area (Å²) in [6, 6.07) is 0. The van der Waals surface area contributed by atoms with Crippen molar-refractivity contribution >= 4 is 12.6 Å². The molecule has 0 atom stereocenters. The maximum atomic E-state index is 4.21. The van der Waals surface area contributed by atoms with Crippen molar-refractivity contribution in [2.24, 2.45) is 0 Å². The lowest BCUT2D eigenvalue weighted by Gasteiger charge is -1.98. The minimum atomic E-state index is 1.02. The SMILES string of the molecule is CCCCCCCC/C=C\CCC[CH]CCCS. The molecule has 0 aromatic rings. The van der Waals surface area contributed by atoms with Crippen LogP contribution >= 0.6 is 12.6 Å². The first-order valence-corrected chi connectivity index (χ1v) is 8.62. The molecular weight excluding hydrogens is 236 g/mol. The Kier molecular flexibility index (Phi) is 17.2. The van der Waals surface area contributed by atoms with Crippen LogP contribution in [0, 0.1) is 6.42 Å². The molecule has 0 unspecified atom stereocenters. The lowest BCUT2D eigenvalue weighted by atomic mass is 10.1. The fourth-order valence-corrected chi connectivity index (χ4v) is 2.22. The van der Waals surface area contributed by atoms with E-state index in [1.54, 1.807) is 0 Å².